The van der Waals surface area contributed by atoms with E-state index >= 15 is 0 Å². The highest BCUT2D eigenvalue weighted by Crippen LogP contribution is 2.52. The first-order valence-electron chi connectivity index (χ1n) is 5.08. The molecule has 1 nitrogen and oxygen atoms in total. The summed E-state index contributed by atoms with van der Waals surface area (Å²) < 4.78 is 0. The van der Waals surface area contributed by atoms with E-state index in [1.807, 2.05) is 0 Å². The van der Waals surface area contributed by atoms with Gasteiger partial charge in [-0.25, -0.2) is 0 Å². The quantitative estimate of drug-likeness (QED) is 0.499. The molecule has 2 bridgehead atoms. The van der Waals surface area contributed by atoms with Crippen LogP contribution in [0.25, 0.3) is 0 Å². The highest BCUT2D eigenvalue weighted by atomic mass is 16.1. The van der Waals surface area contributed by atoms with Crippen LogP contribution in [0.2, 0.25) is 0 Å². The smallest absolute Gasteiger partial charge is 0.143 e. The largest absolute Gasteiger partial charge is 0.299 e. The summed E-state index contributed by atoms with van der Waals surface area (Å²) in [5.74, 6) is 2.81. The van der Waals surface area contributed by atoms with Gasteiger partial charge in [0.25, 0.3) is 0 Å². The van der Waals surface area contributed by atoms with Gasteiger partial charge in [0.15, 0.2) is 0 Å². The van der Waals surface area contributed by atoms with Crippen LogP contribution in [0.4, 0.5) is 0 Å². The van der Waals surface area contributed by atoms with E-state index in [1.54, 1.807) is 0 Å². The Morgan fingerprint density at radius 3 is 3.00 bits per heavy atom. The van der Waals surface area contributed by atoms with E-state index in [4.69, 9.17) is 0 Å². The lowest BCUT2D eigenvalue weighted by molar-refractivity contribution is -0.123. The summed E-state index contributed by atoms with van der Waals surface area (Å²) in [6, 6.07) is 0. The molecule has 3 aliphatic carbocycles. The van der Waals surface area contributed by atoms with Gasteiger partial charge in [-0.05, 0) is 31.1 Å². The van der Waals surface area contributed by atoms with Crippen LogP contribution in [-0.4, -0.2) is 5.78 Å². The molecule has 3 rings (SSSR count). The van der Waals surface area contributed by atoms with Crippen molar-refractivity contribution >= 4 is 5.78 Å². The van der Waals surface area contributed by atoms with Crippen LogP contribution in [0.1, 0.15) is 25.7 Å². The van der Waals surface area contributed by atoms with Gasteiger partial charge in [-0.3, -0.25) is 4.79 Å². The van der Waals surface area contributed by atoms with Crippen molar-refractivity contribution in [1.82, 2.24) is 0 Å². The fraction of sp³-hybridized carbons (Fsp3) is 0.727. The van der Waals surface area contributed by atoms with Gasteiger partial charge in [-0.2, -0.15) is 0 Å². The minimum Gasteiger partial charge on any atom is -0.299 e. The maximum atomic E-state index is 11.7. The molecule has 0 aliphatic heterocycles. The van der Waals surface area contributed by atoms with E-state index in [9.17, 15) is 4.79 Å². The summed E-state index contributed by atoms with van der Waals surface area (Å²) in [7, 11) is 0. The Kier molecular flexibility index (Phi) is 1.27. The molecular formula is C11H14O. The van der Waals surface area contributed by atoms with Crippen LogP contribution in [0.3, 0.4) is 0 Å². The first-order valence-corrected chi connectivity index (χ1v) is 5.08. The Morgan fingerprint density at radius 1 is 1.25 bits per heavy atom. The van der Waals surface area contributed by atoms with Crippen LogP contribution in [0.15, 0.2) is 12.2 Å². The lowest BCUT2D eigenvalue weighted by Crippen LogP contribution is -2.19. The third-order valence-electron chi connectivity index (χ3n) is 4.03. The molecule has 0 amide bonds. The molecule has 0 aromatic carbocycles. The lowest BCUT2D eigenvalue weighted by atomic mass is 9.89. The Hall–Kier alpha value is -0.590. The summed E-state index contributed by atoms with van der Waals surface area (Å²) in [6.45, 7) is 0. The number of rotatable bonds is 0. The van der Waals surface area contributed by atoms with Crippen LogP contribution in [0, 0.1) is 23.7 Å². The predicted octanol–water partition coefficient (Wildman–Crippen LogP) is 2.18. The maximum Gasteiger partial charge on any atom is 0.143 e. The second kappa shape index (κ2) is 2.21. The standard InChI is InChI=1S/C11H14O/c12-11-9-5-2-6-10(11)8-4-1-3-7(8)9/h2,5,7-10H,1,3-4,6H2/t7-,8+,9-,10+/m1/s1. The summed E-state index contributed by atoms with van der Waals surface area (Å²) >= 11 is 0. The van der Waals surface area contributed by atoms with E-state index < -0.39 is 0 Å². The number of Topliss-reactive ketones (excluding diaryl/α,β-unsaturated/α-hetero) is 1. The van der Waals surface area contributed by atoms with Crippen LogP contribution < -0.4 is 0 Å². The average molecular weight is 162 g/mol. The maximum absolute atomic E-state index is 11.7. The first kappa shape index (κ1) is 6.88. The van der Waals surface area contributed by atoms with Crippen LogP contribution in [-0.2, 0) is 4.79 Å². The summed E-state index contributed by atoms with van der Waals surface area (Å²) in [4.78, 5) is 11.7. The molecule has 0 spiro atoms. The molecular weight excluding hydrogens is 148 g/mol. The Morgan fingerprint density at radius 2 is 2.08 bits per heavy atom. The highest BCUT2D eigenvalue weighted by Gasteiger charge is 2.51. The van der Waals surface area contributed by atoms with Gasteiger partial charge in [-0.15, -0.1) is 0 Å². The van der Waals surface area contributed by atoms with Crippen LogP contribution in [0.5, 0.6) is 0 Å². The van der Waals surface area contributed by atoms with Crippen molar-refractivity contribution in [2.24, 2.45) is 23.7 Å². The van der Waals surface area contributed by atoms with Crippen LogP contribution >= 0.6 is 0 Å². The third kappa shape index (κ3) is 0.675. The second-order valence-electron chi connectivity index (χ2n) is 4.46. The minimum atomic E-state index is 0.330. The summed E-state index contributed by atoms with van der Waals surface area (Å²) in [6.07, 6.45) is 9.44. The van der Waals surface area contributed by atoms with Crippen molar-refractivity contribution < 1.29 is 4.79 Å². The zero-order chi connectivity index (χ0) is 8.13. The molecule has 0 saturated heterocycles. The fourth-order valence-corrected chi connectivity index (χ4v) is 3.53. The van der Waals surface area contributed by atoms with E-state index in [0.29, 0.717) is 17.6 Å². The molecule has 64 valence electrons. The van der Waals surface area contributed by atoms with Gasteiger partial charge in [-0.1, -0.05) is 18.6 Å². The fourth-order valence-electron chi connectivity index (χ4n) is 3.53. The molecule has 0 unspecified atom stereocenters. The van der Waals surface area contributed by atoms with Gasteiger partial charge in [0.1, 0.15) is 5.78 Å². The number of carbonyl (C=O) groups excluding carboxylic acids is 1. The molecule has 0 aromatic heterocycles. The molecule has 3 aliphatic rings. The second-order valence-corrected chi connectivity index (χ2v) is 4.46. The van der Waals surface area contributed by atoms with Crippen molar-refractivity contribution in [2.45, 2.75) is 25.7 Å². The Bertz CT molecular complexity index is 254. The van der Waals surface area contributed by atoms with E-state index in [2.05, 4.69) is 12.2 Å². The third-order valence-corrected chi connectivity index (χ3v) is 4.03. The van der Waals surface area contributed by atoms with Crippen molar-refractivity contribution in [3.63, 3.8) is 0 Å². The molecule has 0 aromatic rings. The highest BCUT2D eigenvalue weighted by molar-refractivity contribution is 5.89. The summed E-state index contributed by atoms with van der Waals surface area (Å²) in [5.41, 5.74) is 0. The molecule has 1 heteroatoms. The van der Waals surface area contributed by atoms with Gasteiger partial charge < -0.3 is 0 Å². The number of ketones is 1. The van der Waals surface area contributed by atoms with E-state index in [0.717, 1.165) is 18.3 Å². The topological polar surface area (TPSA) is 17.1 Å². The number of allylic oxidation sites excluding steroid dienone is 2. The molecule has 2 saturated carbocycles. The van der Waals surface area contributed by atoms with Crippen molar-refractivity contribution in [3.05, 3.63) is 12.2 Å². The molecule has 4 atom stereocenters. The zero-order valence-corrected chi connectivity index (χ0v) is 7.20. The van der Waals surface area contributed by atoms with Crippen molar-refractivity contribution in [2.75, 3.05) is 0 Å². The van der Waals surface area contributed by atoms with Gasteiger partial charge in [0, 0.05) is 11.8 Å². The SMILES string of the molecule is O=C1[C@H]2CC=C[C@@H]1[C@@H]1CCC[C@@H]12. The van der Waals surface area contributed by atoms with Gasteiger partial charge in [0.2, 0.25) is 0 Å². The molecule has 0 radical (unpaired) electrons. The van der Waals surface area contributed by atoms with Gasteiger partial charge in [0.05, 0.1) is 0 Å². The molecule has 2 fully saturated rings. The number of hydrogen-bond donors (Lipinski definition) is 0. The van der Waals surface area contributed by atoms with Crippen molar-refractivity contribution in [1.29, 1.82) is 0 Å². The molecule has 0 heterocycles. The molecule has 0 N–H and O–H groups in total. The molecule has 12 heavy (non-hydrogen) atoms. The predicted molar refractivity (Wildman–Crippen MR) is 46.6 cm³/mol. The van der Waals surface area contributed by atoms with Gasteiger partial charge >= 0.3 is 0 Å². The monoisotopic (exact) mass is 162 g/mol. The Balaban J connectivity index is 2.03. The van der Waals surface area contributed by atoms with Crippen molar-refractivity contribution in [3.8, 4) is 0 Å². The number of carbonyl (C=O) groups is 1. The Labute approximate surface area is 72.8 Å². The normalized spacial score (nSPS) is 49.8. The lowest BCUT2D eigenvalue weighted by Gasteiger charge is -2.14. The van der Waals surface area contributed by atoms with E-state index in [1.165, 1.54) is 19.3 Å². The first-order chi connectivity index (χ1) is 5.88. The van der Waals surface area contributed by atoms with E-state index in [-0.39, 0.29) is 0 Å². The number of fused-ring (bicyclic) bond motifs is 5. The summed E-state index contributed by atoms with van der Waals surface area (Å²) in [5, 5.41) is 0. The zero-order valence-electron chi connectivity index (χ0n) is 7.20. The minimum absolute atomic E-state index is 0.330. The average Bonchev–Trinajstić information content (AvgIpc) is 2.57. The number of hydrogen-bond acceptors (Lipinski definition) is 1.